The monoisotopic (exact) mass is 314 g/mol. The van der Waals surface area contributed by atoms with Gasteiger partial charge < -0.3 is 0 Å². The van der Waals surface area contributed by atoms with E-state index in [1.165, 1.54) is 12.2 Å². The van der Waals surface area contributed by atoms with Crippen molar-refractivity contribution in [1.82, 2.24) is 0 Å². The fourth-order valence-electron chi connectivity index (χ4n) is 1.29. The highest BCUT2D eigenvalue weighted by Gasteiger charge is 2.20. The molecule has 4 heteroatoms. The Kier molecular flexibility index (Phi) is 2.41. The number of benzene rings is 1. The third kappa shape index (κ3) is 1.48. The predicted octanol–water partition coefficient (Wildman–Crippen LogP) is 3.15. The Morgan fingerprint density at radius 3 is 1.50 bits per heavy atom. The van der Waals surface area contributed by atoms with Crippen molar-refractivity contribution < 1.29 is 9.59 Å². The van der Waals surface area contributed by atoms with E-state index in [-0.39, 0.29) is 11.6 Å². The standard InChI is InChI=1S/C10H4Br2O2/c11-7-3-5-6(4-8(7)12)10(14)2-1-9(5)13/h1-4H. The van der Waals surface area contributed by atoms with Crippen LogP contribution in [0.15, 0.2) is 33.2 Å². The number of hydrogen-bond acceptors (Lipinski definition) is 2. The normalized spacial score (nSPS) is 14.4. The molecule has 14 heavy (non-hydrogen) atoms. The molecule has 0 aliphatic heterocycles. The summed E-state index contributed by atoms with van der Waals surface area (Å²) in [5.41, 5.74) is 0.903. The largest absolute Gasteiger partial charge is 0.289 e. The lowest BCUT2D eigenvalue weighted by Crippen LogP contribution is -2.11. The lowest BCUT2D eigenvalue weighted by Gasteiger charge is -2.09. The summed E-state index contributed by atoms with van der Waals surface area (Å²) >= 11 is 6.57. The number of allylic oxidation sites excluding steroid dienone is 2. The summed E-state index contributed by atoms with van der Waals surface area (Å²) < 4.78 is 1.54. The highest BCUT2D eigenvalue weighted by molar-refractivity contribution is 9.13. The second-order valence-corrected chi connectivity index (χ2v) is 4.58. The molecule has 0 unspecified atom stereocenters. The van der Waals surface area contributed by atoms with Gasteiger partial charge in [-0.15, -0.1) is 0 Å². The van der Waals surface area contributed by atoms with Crippen molar-refractivity contribution in [2.75, 3.05) is 0 Å². The molecule has 1 aromatic carbocycles. The summed E-state index contributed by atoms with van der Waals surface area (Å²) in [6, 6.07) is 3.31. The first-order chi connectivity index (χ1) is 6.59. The topological polar surface area (TPSA) is 34.1 Å². The number of halogens is 2. The molecule has 2 rings (SSSR count). The first-order valence-electron chi connectivity index (χ1n) is 3.85. The fourth-order valence-corrected chi connectivity index (χ4v) is 1.97. The Morgan fingerprint density at radius 2 is 1.14 bits per heavy atom. The molecule has 70 valence electrons. The molecule has 1 aliphatic carbocycles. The van der Waals surface area contributed by atoms with Crippen molar-refractivity contribution in [2.45, 2.75) is 0 Å². The minimum absolute atomic E-state index is 0.132. The SMILES string of the molecule is O=C1C=CC(=O)c2cc(Br)c(Br)cc21. The van der Waals surface area contributed by atoms with Crippen molar-refractivity contribution in [3.05, 3.63) is 44.4 Å². The molecule has 1 aliphatic rings. The summed E-state index contributed by atoms with van der Waals surface area (Å²) in [6.07, 6.45) is 2.59. The van der Waals surface area contributed by atoms with Crippen molar-refractivity contribution >= 4 is 43.4 Å². The Hall–Kier alpha value is -0.740. The molecule has 0 aromatic heterocycles. The second kappa shape index (κ2) is 3.44. The highest BCUT2D eigenvalue weighted by atomic mass is 79.9. The molecular weight excluding hydrogens is 312 g/mol. The van der Waals surface area contributed by atoms with Crippen molar-refractivity contribution in [3.63, 3.8) is 0 Å². The molecule has 2 nitrogen and oxygen atoms in total. The zero-order valence-corrected chi connectivity index (χ0v) is 10.1. The third-order valence-corrected chi connectivity index (χ3v) is 3.82. The van der Waals surface area contributed by atoms with Crippen LogP contribution in [-0.2, 0) is 0 Å². The van der Waals surface area contributed by atoms with Crippen LogP contribution in [0, 0.1) is 0 Å². The third-order valence-electron chi connectivity index (χ3n) is 1.98. The minimum atomic E-state index is -0.132. The van der Waals surface area contributed by atoms with Crippen LogP contribution in [0.3, 0.4) is 0 Å². The van der Waals surface area contributed by atoms with E-state index in [0.29, 0.717) is 11.1 Å². The number of carbonyl (C=O) groups is 2. The van der Waals surface area contributed by atoms with Gasteiger partial charge in [-0.2, -0.15) is 0 Å². The van der Waals surface area contributed by atoms with Gasteiger partial charge in [-0.1, -0.05) is 0 Å². The van der Waals surface area contributed by atoms with Crippen LogP contribution >= 0.6 is 31.9 Å². The van der Waals surface area contributed by atoms with Crippen LogP contribution in [0.2, 0.25) is 0 Å². The number of fused-ring (bicyclic) bond motifs is 1. The molecule has 0 radical (unpaired) electrons. The van der Waals surface area contributed by atoms with Gasteiger partial charge in [-0.05, 0) is 56.1 Å². The molecule has 0 N–H and O–H groups in total. The van der Waals surface area contributed by atoms with E-state index in [1.54, 1.807) is 12.1 Å². The van der Waals surface area contributed by atoms with Gasteiger partial charge in [0.05, 0.1) is 0 Å². The molecular formula is C10H4Br2O2. The fraction of sp³-hybridized carbons (Fsp3) is 0. The minimum Gasteiger partial charge on any atom is -0.289 e. The van der Waals surface area contributed by atoms with E-state index in [4.69, 9.17) is 0 Å². The number of carbonyl (C=O) groups excluding carboxylic acids is 2. The van der Waals surface area contributed by atoms with Gasteiger partial charge in [0.2, 0.25) is 0 Å². The van der Waals surface area contributed by atoms with Crippen LogP contribution in [-0.4, -0.2) is 11.6 Å². The van der Waals surface area contributed by atoms with Gasteiger partial charge in [0.1, 0.15) is 0 Å². The summed E-state index contributed by atoms with van der Waals surface area (Å²) in [7, 11) is 0. The van der Waals surface area contributed by atoms with E-state index in [0.717, 1.165) is 8.95 Å². The average Bonchev–Trinajstić information content (AvgIpc) is 2.15. The van der Waals surface area contributed by atoms with Gasteiger partial charge in [-0.25, -0.2) is 0 Å². The summed E-state index contributed by atoms with van der Waals surface area (Å²) in [5, 5.41) is 0. The van der Waals surface area contributed by atoms with Gasteiger partial charge in [0.25, 0.3) is 0 Å². The summed E-state index contributed by atoms with van der Waals surface area (Å²) in [5.74, 6) is -0.263. The Morgan fingerprint density at radius 1 is 0.786 bits per heavy atom. The van der Waals surface area contributed by atoms with Crippen LogP contribution in [0.25, 0.3) is 0 Å². The molecule has 0 saturated heterocycles. The Labute approximate surface area is 97.3 Å². The molecule has 0 bridgehead atoms. The highest BCUT2D eigenvalue weighted by Crippen LogP contribution is 2.29. The Balaban J connectivity index is 2.73. The maximum Gasteiger partial charge on any atom is 0.186 e. The molecule has 0 saturated carbocycles. The van der Waals surface area contributed by atoms with Crippen LogP contribution in [0.5, 0.6) is 0 Å². The molecule has 0 fully saturated rings. The zero-order chi connectivity index (χ0) is 10.3. The van der Waals surface area contributed by atoms with E-state index in [9.17, 15) is 9.59 Å². The molecule has 0 amide bonds. The first-order valence-corrected chi connectivity index (χ1v) is 5.44. The van der Waals surface area contributed by atoms with Crippen LogP contribution in [0.1, 0.15) is 20.7 Å². The molecule has 0 heterocycles. The van der Waals surface area contributed by atoms with Crippen molar-refractivity contribution in [3.8, 4) is 0 Å². The number of hydrogen-bond donors (Lipinski definition) is 0. The van der Waals surface area contributed by atoms with Crippen LogP contribution in [0.4, 0.5) is 0 Å². The number of ketones is 2. The maximum absolute atomic E-state index is 11.4. The van der Waals surface area contributed by atoms with Crippen molar-refractivity contribution in [2.24, 2.45) is 0 Å². The van der Waals surface area contributed by atoms with E-state index >= 15 is 0 Å². The lowest BCUT2D eigenvalue weighted by atomic mass is 9.95. The van der Waals surface area contributed by atoms with Gasteiger partial charge >= 0.3 is 0 Å². The average molecular weight is 316 g/mol. The molecule has 0 spiro atoms. The Bertz CT molecular complexity index is 432. The van der Waals surface area contributed by atoms with E-state index < -0.39 is 0 Å². The smallest absolute Gasteiger partial charge is 0.186 e. The van der Waals surface area contributed by atoms with Crippen LogP contribution < -0.4 is 0 Å². The molecule has 0 atom stereocenters. The second-order valence-electron chi connectivity index (χ2n) is 2.87. The van der Waals surface area contributed by atoms with Crippen molar-refractivity contribution in [1.29, 1.82) is 0 Å². The van der Waals surface area contributed by atoms with Gasteiger partial charge in [0, 0.05) is 20.1 Å². The predicted molar refractivity (Wildman–Crippen MR) is 59.6 cm³/mol. The molecule has 1 aromatic rings. The van der Waals surface area contributed by atoms with E-state index in [2.05, 4.69) is 31.9 Å². The zero-order valence-electron chi connectivity index (χ0n) is 6.88. The lowest BCUT2D eigenvalue weighted by molar-refractivity contribution is 0.0994. The summed E-state index contributed by atoms with van der Waals surface area (Å²) in [4.78, 5) is 22.8. The summed E-state index contributed by atoms with van der Waals surface area (Å²) in [6.45, 7) is 0. The quantitative estimate of drug-likeness (QED) is 0.737. The van der Waals surface area contributed by atoms with Gasteiger partial charge in [-0.3, -0.25) is 9.59 Å². The maximum atomic E-state index is 11.4. The van der Waals surface area contributed by atoms with Gasteiger partial charge in [0.15, 0.2) is 11.6 Å². The number of rotatable bonds is 0. The first kappa shape index (κ1) is 9.80. The van der Waals surface area contributed by atoms with E-state index in [1.807, 2.05) is 0 Å².